The van der Waals surface area contributed by atoms with Gasteiger partial charge >= 0.3 is 0 Å². The lowest BCUT2D eigenvalue weighted by molar-refractivity contribution is 0.414. The van der Waals surface area contributed by atoms with Crippen LogP contribution in [0.4, 0.5) is 0 Å². The Morgan fingerprint density at radius 2 is 1.68 bits per heavy atom. The highest BCUT2D eigenvalue weighted by molar-refractivity contribution is 7.89. The van der Waals surface area contributed by atoms with Crippen LogP contribution in [-0.2, 0) is 10.0 Å². The maximum Gasteiger partial charge on any atom is 0.241 e. The van der Waals surface area contributed by atoms with Gasteiger partial charge in [-0.1, -0.05) is 23.8 Å². The molecule has 0 fully saturated rings. The van der Waals surface area contributed by atoms with Crippen molar-refractivity contribution in [1.29, 1.82) is 0 Å². The van der Waals surface area contributed by atoms with Gasteiger partial charge < -0.3 is 4.74 Å². The summed E-state index contributed by atoms with van der Waals surface area (Å²) in [7, 11) is -2.02. The van der Waals surface area contributed by atoms with E-state index in [1.807, 2.05) is 39.0 Å². The molecule has 2 aromatic carbocycles. The fourth-order valence-electron chi connectivity index (χ4n) is 2.35. The van der Waals surface area contributed by atoms with Gasteiger partial charge in [0.1, 0.15) is 5.75 Å². The molecule has 0 amide bonds. The summed E-state index contributed by atoms with van der Waals surface area (Å²) in [5, 5.41) is 0. The van der Waals surface area contributed by atoms with Crippen molar-refractivity contribution in [2.24, 2.45) is 0 Å². The number of nitrogens with one attached hydrogen (secondary N) is 1. The highest BCUT2D eigenvalue weighted by Crippen LogP contribution is 2.22. The second-order valence-electron chi connectivity index (χ2n) is 5.38. The average molecular weight is 319 g/mol. The third-order valence-corrected chi connectivity index (χ3v) is 5.16. The fraction of sp³-hybridized carbons (Fsp3) is 0.294. The molecule has 0 heterocycles. The number of aryl methyl sites for hydroxylation is 2. The summed E-state index contributed by atoms with van der Waals surface area (Å²) in [6.07, 6.45) is 0. The van der Waals surface area contributed by atoms with Crippen molar-refractivity contribution in [1.82, 2.24) is 4.72 Å². The van der Waals surface area contributed by atoms with Gasteiger partial charge in [-0.2, -0.15) is 0 Å². The van der Waals surface area contributed by atoms with E-state index in [0.717, 1.165) is 16.7 Å². The second-order valence-corrected chi connectivity index (χ2v) is 7.09. The zero-order valence-electron chi connectivity index (χ0n) is 13.3. The summed E-state index contributed by atoms with van der Waals surface area (Å²) in [5.41, 5.74) is 3.16. The minimum absolute atomic E-state index is 0.227. The molecule has 22 heavy (non-hydrogen) atoms. The molecule has 0 bridgehead atoms. The van der Waals surface area contributed by atoms with E-state index in [9.17, 15) is 8.42 Å². The molecule has 4 nitrogen and oxygen atoms in total. The van der Waals surface area contributed by atoms with Crippen molar-refractivity contribution in [3.8, 4) is 5.75 Å². The molecule has 2 aromatic rings. The Bertz CT molecular complexity index is 752. The van der Waals surface area contributed by atoms with Crippen LogP contribution in [0.3, 0.4) is 0 Å². The summed E-state index contributed by atoms with van der Waals surface area (Å²) in [4.78, 5) is 0.227. The van der Waals surface area contributed by atoms with Gasteiger partial charge in [-0.05, 0) is 56.2 Å². The lowest BCUT2D eigenvalue weighted by atomic mass is 10.0. The van der Waals surface area contributed by atoms with Crippen molar-refractivity contribution in [3.05, 3.63) is 59.2 Å². The summed E-state index contributed by atoms with van der Waals surface area (Å²) in [6.45, 7) is 5.82. The van der Waals surface area contributed by atoms with Gasteiger partial charge in [-0.15, -0.1) is 0 Å². The van der Waals surface area contributed by atoms with Crippen LogP contribution in [0.5, 0.6) is 5.75 Å². The predicted octanol–water partition coefficient (Wildman–Crippen LogP) is 3.35. The van der Waals surface area contributed by atoms with Crippen molar-refractivity contribution in [2.75, 3.05) is 7.11 Å². The molecule has 0 radical (unpaired) electrons. The fourth-order valence-corrected chi connectivity index (χ4v) is 3.57. The monoisotopic (exact) mass is 319 g/mol. The lowest BCUT2D eigenvalue weighted by Gasteiger charge is -2.17. The Balaban J connectivity index is 2.25. The molecule has 2 rings (SSSR count). The standard InChI is InChI=1S/C17H21NO3S/c1-12-5-6-13(2)17(11-12)14(3)18-22(19,20)16-9-7-15(21-4)8-10-16/h5-11,14,18H,1-4H3/t14-/m1/s1. The maximum absolute atomic E-state index is 12.5. The van der Waals surface area contributed by atoms with Gasteiger partial charge in [0, 0.05) is 6.04 Å². The van der Waals surface area contributed by atoms with Crippen molar-refractivity contribution in [3.63, 3.8) is 0 Å². The Labute approximate surface area is 132 Å². The van der Waals surface area contributed by atoms with Crippen LogP contribution >= 0.6 is 0 Å². The van der Waals surface area contributed by atoms with Gasteiger partial charge in [-0.3, -0.25) is 0 Å². The van der Waals surface area contributed by atoms with E-state index < -0.39 is 10.0 Å². The average Bonchev–Trinajstić information content (AvgIpc) is 2.49. The molecule has 1 atom stereocenters. The SMILES string of the molecule is COc1ccc(S(=O)(=O)N[C@H](C)c2cc(C)ccc2C)cc1. The quantitative estimate of drug-likeness (QED) is 0.919. The number of rotatable bonds is 5. The maximum atomic E-state index is 12.5. The minimum atomic E-state index is -3.57. The first kappa shape index (κ1) is 16.5. The predicted molar refractivity (Wildman–Crippen MR) is 87.6 cm³/mol. The molecule has 0 saturated carbocycles. The molecule has 1 N–H and O–H groups in total. The van der Waals surface area contributed by atoms with Crippen LogP contribution in [0.1, 0.15) is 29.7 Å². The zero-order valence-corrected chi connectivity index (χ0v) is 14.1. The molecule has 5 heteroatoms. The van der Waals surface area contributed by atoms with Gasteiger partial charge in [0.2, 0.25) is 10.0 Å². The first-order chi connectivity index (χ1) is 10.3. The molecular formula is C17H21NO3S. The van der Waals surface area contributed by atoms with Crippen LogP contribution in [0.2, 0.25) is 0 Å². The van der Waals surface area contributed by atoms with E-state index in [0.29, 0.717) is 5.75 Å². The van der Waals surface area contributed by atoms with Crippen LogP contribution in [0.25, 0.3) is 0 Å². The normalized spacial score (nSPS) is 12.9. The third kappa shape index (κ3) is 3.67. The smallest absolute Gasteiger partial charge is 0.241 e. The number of benzene rings is 2. The van der Waals surface area contributed by atoms with Crippen LogP contribution in [0, 0.1) is 13.8 Å². The topological polar surface area (TPSA) is 55.4 Å². The zero-order chi connectivity index (χ0) is 16.3. The summed E-state index contributed by atoms with van der Waals surface area (Å²) in [6, 6.07) is 12.1. The molecule has 0 saturated heterocycles. The minimum Gasteiger partial charge on any atom is -0.497 e. The number of sulfonamides is 1. The second kappa shape index (κ2) is 6.50. The first-order valence-electron chi connectivity index (χ1n) is 7.07. The summed E-state index contributed by atoms with van der Waals surface area (Å²) < 4.78 is 32.7. The van der Waals surface area contributed by atoms with Gasteiger partial charge in [0.25, 0.3) is 0 Å². The molecule has 0 unspecified atom stereocenters. The van der Waals surface area contributed by atoms with E-state index >= 15 is 0 Å². The van der Waals surface area contributed by atoms with Gasteiger partial charge in [0.05, 0.1) is 12.0 Å². The van der Waals surface area contributed by atoms with Crippen LogP contribution < -0.4 is 9.46 Å². The van der Waals surface area contributed by atoms with Gasteiger partial charge in [-0.25, -0.2) is 13.1 Å². The largest absolute Gasteiger partial charge is 0.497 e. The molecular weight excluding hydrogens is 298 g/mol. The van der Waals surface area contributed by atoms with Crippen molar-refractivity contribution in [2.45, 2.75) is 31.7 Å². The number of hydrogen-bond donors (Lipinski definition) is 1. The Morgan fingerprint density at radius 1 is 1.05 bits per heavy atom. The molecule has 0 spiro atoms. The lowest BCUT2D eigenvalue weighted by Crippen LogP contribution is -2.27. The third-order valence-electron chi connectivity index (χ3n) is 3.60. The molecule has 0 aliphatic rings. The van der Waals surface area contributed by atoms with E-state index in [-0.39, 0.29) is 10.9 Å². The summed E-state index contributed by atoms with van der Waals surface area (Å²) in [5.74, 6) is 0.626. The number of ether oxygens (including phenoxy) is 1. The molecule has 118 valence electrons. The molecule has 0 aliphatic heterocycles. The number of hydrogen-bond acceptors (Lipinski definition) is 3. The van der Waals surface area contributed by atoms with Gasteiger partial charge in [0.15, 0.2) is 0 Å². The first-order valence-corrected chi connectivity index (χ1v) is 8.55. The number of methoxy groups -OCH3 is 1. The molecule has 0 aromatic heterocycles. The van der Waals surface area contributed by atoms with E-state index in [1.165, 1.54) is 12.1 Å². The van der Waals surface area contributed by atoms with Crippen LogP contribution in [0.15, 0.2) is 47.4 Å². The highest BCUT2D eigenvalue weighted by Gasteiger charge is 2.19. The van der Waals surface area contributed by atoms with Crippen molar-refractivity contribution < 1.29 is 13.2 Å². The van der Waals surface area contributed by atoms with Crippen LogP contribution in [-0.4, -0.2) is 15.5 Å². The van der Waals surface area contributed by atoms with E-state index in [4.69, 9.17) is 4.74 Å². The van der Waals surface area contributed by atoms with E-state index in [2.05, 4.69) is 4.72 Å². The summed E-state index contributed by atoms with van der Waals surface area (Å²) >= 11 is 0. The highest BCUT2D eigenvalue weighted by atomic mass is 32.2. The molecule has 0 aliphatic carbocycles. The Morgan fingerprint density at radius 3 is 2.27 bits per heavy atom. The Kier molecular flexibility index (Phi) is 4.88. The van der Waals surface area contributed by atoms with Crippen molar-refractivity contribution >= 4 is 10.0 Å². The van der Waals surface area contributed by atoms with E-state index in [1.54, 1.807) is 19.2 Å². The Hall–Kier alpha value is -1.85.